The first-order valence-electron chi connectivity index (χ1n) is 14.8. The Balaban J connectivity index is 0.961. The lowest BCUT2D eigenvalue weighted by Gasteiger charge is -2.31. The van der Waals surface area contributed by atoms with Crippen LogP contribution in [0.4, 0.5) is 0 Å². The molecular weight excluding hydrogens is 456 g/mol. The fourth-order valence-electron chi connectivity index (χ4n) is 8.24. The molecule has 3 nitrogen and oxygen atoms in total. The first-order valence-corrected chi connectivity index (χ1v) is 14.8. The zero-order chi connectivity index (χ0) is 25.0. The molecule has 37 heavy (non-hydrogen) atoms. The van der Waals surface area contributed by atoms with E-state index in [2.05, 4.69) is 25.1 Å². The maximum absolute atomic E-state index is 13.1. The lowest BCUT2D eigenvalue weighted by molar-refractivity contribution is 0.0968. The number of rotatable bonds is 7. The molecule has 2 aromatic carbocycles. The van der Waals surface area contributed by atoms with Gasteiger partial charge in [-0.25, -0.2) is 0 Å². The molecule has 5 aliphatic rings. The smallest absolute Gasteiger partial charge is 0.163 e. The van der Waals surface area contributed by atoms with E-state index < -0.39 is 0 Å². The van der Waals surface area contributed by atoms with Crippen molar-refractivity contribution in [2.24, 2.45) is 22.7 Å². The van der Waals surface area contributed by atoms with E-state index in [1.807, 2.05) is 24.3 Å². The van der Waals surface area contributed by atoms with Crippen LogP contribution in [-0.4, -0.2) is 12.4 Å². The molecule has 0 amide bonds. The van der Waals surface area contributed by atoms with E-state index in [1.54, 1.807) is 23.0 Å². The highest BCUT2D eigenvalue weighted by Crippen LogP contribution is 2.68. The van der Waals surface area contributed by atoms with E-state index in [9.17, 15) is 4.79 Å². The first kappa shape index (κ1) is 23.6. The van der Waals surface area contributed by atoms with E-state index in [0.29, 0.717) is 29.1 Å². The molecule has 0 aromatic heterocycles. The van der Waals surface area contributed by atoms with Gasteiger partial charge in [0.15, 0.2) is 5.78 Å². The molecule has 1 spiro atoms. The standard InChI is InChI=1S/C34H40O3/c1-23(34-14-3-2-5-28(34)21-34)25-7-8-27-19-33(15-13-26(27)17-25)20-29(33)18-32(35)24-9-11-30(12-10-24)37-22-31-6-4-16-36-31/h7-12,17,22-23,28-29H,2-6,13-16,18-21H2,1H3/b31-22-. The van der Waals surface area contributed by atoms with Crippen LogP contribution >= 0.6 is 0 Å². The van der Waals surface area contributed by atoms with E-state index in [0.717, 1.165) is 48.9 Å². The Hall–Kier alpha value is -2.55. The number of fused-ring (bicyclic) bond motifs is 2. The molecule has 3 saturated carbocycles. The average Bonchev–Trinajstić information content (AvgIpc) is 3.75. The second kappa shape index (κ2) is 9.03. The summed E-state index contributed by atoms with van der Waals surface area (Å²) in [6, 6.07) is 15.1. The van der Waals surface area contributed by atoms with E-state index in [4.69, 9.17) is 9.47 Å². The minimum Gasteiger partial charge on any atom is -0.495 e. The summed E-state index contributed by atoms with van der Waals surface area (Å²) in [7, 11) is 0. The third-order valence-electron chi connectivity index (χ3n) is 10.9. The van der Waals surface area contributed by atoms with Gasteiger partial charge in [0, 0.05) is 18.4 Å². The number of carbonyl (C=O) groups is 1. The first-order chi connectivity index (χ1) is 18.0. The van der Waals surface area contributed by atoms with Crippen LogP contribution in [0.15, 0.2) is 54.5 Å². The zero-order valence-corrected chi connectivity index (χ0v) is 22.3. The molecule has 5 unspecified atom stereocenters. The lowest BCUT2D eigenvalue weighted by Crippen LogP contribution is -2.20. The van der Waals surface area contributed by atoms with Crippen molar-refractivity contribution in [1.29, 1.82) is 0 Å². The molecule has 1 saturated heterocycles. The van der Waals surface area contributed by atoms with Crippen LogP contribution in [0.3, 0.4) is 0 Å². The van der Waals surface area contributed by atoms with Crippen molar-refractivity contribution in [2.75, 3.05) is 6.61 Å². The summed E-state index contributed by atoms with van der Waals surface area (Å²) in [4.78, 5) is 13.1. The molecule has 0 N–H and O–H groups in total. The molecule has 5 atom stereocenters. The topological polar surface area (TPSA) is 35.5 Å². The van der Waals surface area contributed by atoms with Crippen molar-refractivity contribution in [3.63, 3.8) is 0 Å². The maximum atomic E-state index is 13.1. The highest BCUT2D eigenvalue weighted by molar-refractivity contribution is 5.96. The van der Waals surface area contributed by atoms with Crippen LogP contribution in [0.5, 0.6) is 5.75 Å². The fourth-order valence-corrected chi connectivity index (χ4v) is 8.24. The van der Waals surface area contributed by atoms with Crippen LogP contribution in [0.1, 0.15) is 104 Å². The summed E-state index contributed by atoms with van der Waals surface area (Å²) in [6.07, 6.45) is 16.4. The number of hydrogen-bond donors (Lipinski definition) is 0. The monoisotopic (exact) mass is 496 g/mol. The van der Waals surface area contributed by atoms with Crippen LogP contribution in [0, 0.1) is 22.7 Å². The van der Waals surface area contributed by atoms with Gasteiger partial charge in [-0.1, -0.05) is 38.0 Å². The Bertz CT molecular complexity index is 1220. The van der Waals surface area contributed by atoms with Gasteiger partial charge in [-0.3, -0.25) is 4.79 Å². The number of carbonyl (C=O) groups excluding carboxylic acids is 1. The predicted molar refractivity (Wildman–Crippen MR) is 146 cm³/mol. The molecule has 194 valence electrons. The average molecular weight is 497 g/mol. The molecule has 0 bridgehead atoms. The van der Waals surface area contributed by atoms with Crippen molar-refractivity contribution in [1.82, 2.24) is 0 Å². The third kappa shape index (κ3) is 4.33. The van der Waals surface area contributed by atoms with Gasteiger partial charge < -0.3 is 9.47 Å². The van der Waals surface area contributed by atoms with Crippen LogP contribution in [0.25, 0.3) is 0 Å². The van der Waals surface area contributed by atoms with Crippen molar-refractivity contribution < 1.29 is 14.3 Å². The van der Waals surface area contributed by atoms with Gasteiger partial charge in [0.2, 0.25) is 0 Å². The molecule has 0 radical (unpaired) electrons. The summed E-state index contributed by atoms with van der Waals surface area (Å²) in [5.41, 5.74) is 6.50. The van der Waals surface area contributed by atoms with Gasteiger partial charge in [-0.2, -0.15) is 0 Å². The van der Waals surface area contributed by atoms with Crippen molar-refractivity contribution in [3.8, 4) is 5.75 Å². The summed E-state index contributed by atoms with van der Waals surface area (Å²) in [5, 5.41) is 0. The summed E-state index contributed by atoms with van der Waals surface area (Å²) in [5.74, 6) is 4.15. The highest BCUT2D eigenvalue weighted by atomic mass is 16.5. The molecular formula is C34H40O3. The van der Waals surface area contributed by atoms with Crippen LogP contribution < -0.4 is 4.74 Å². The van der Waals surface area contributed by atoms with Crippen LogP contribution in [0.2, 0.25) is 0 Å². The SMILES string of the molecule is CC(c1ccc2c(c1)CCC1(C2)CC1CC(=O)c1ccc(O/C=C2/CCCO2)cc1)C12CCCCC1C2. The Labute approximate surface area is 221 Å². The molecule has 4 aliphatic carbocycles. The third-order valence-corrected chi connectivity index (χ3v) is 10.9. The molecule has 1 heterocycles. The zero-order valence-electron chi connectivity index (χ0n) is 22.3. The van der Waals surface area contributed by atoms with Gasteiger partial charge in [-0.05, 0) is 121 Å². The number of hydrogen-bond acceptors (Lipinski definition) is 3. The largest absolute Gasteiger partial charge is 0.495 e. The van der Waals surface area contributed by atoms with Gasteiger partial charge in [-0.15, -0.1) is 0 Å². The Morgan fingerprint density at radius 1 is 1.05 bits per heavy atom. The van der Waals surface area contributed by atoms with Crippen molar-refractivity contribution >= 4 is 5.78 Å². The molecule has 2 aromatic rings. The maximum Gasteiger partial charge on any atom is 0.163 e. The number of aryl methyl sites for hydroxylation is 1. The van der Waals surface area contributed by atoms with Gasteiger partial charge in [0.25, 0.3) is 0 Å². The number of ether oxygens (including phenoxy) is 2. The number of benzene rings is 2. The van der Waals surface area contributed by atoms with Crippen molar-refractivity contribution in [2.45, 2.75) is 89.9 Å². The second-order valence-electron chi connectivity index (χ2n) is 12.9. The molecule has 7 rings (SSSR count). The van der Waals surface area contributed by atoms with Crippen molar-refractivity contribution in [3.05, 3.63) is 76.7 Å². The Morgan fingerprint density at radius 3 is 2.76 bits per heavy atom. The van der Waals surface area contributed by atoms with Gasteiger partial charge in [0.1, 0.15) is 17.8 Å². The van der Waals surface area contributed by atoms with Gasteiger partial charge >= 0.3 is 0 Å². The predicted octanol–water partition coefficient (Wildman–Crippen LogP) is 8.17. The quantitative estimate of drug-likeness (QED) is 0.286. The number of Topliss-reactive ketones (excluding diaryl/α,β-unsaturated/α-hetero) is 1. The van der Waals surface area contributed by atoms with Gasteiger partial charge in [0.05, 0.1) is 6.61 Å². The number of allylic oxidation sites excluding steroid dienone is 1. The molecule has 1 aliphatic heterocycles. The lowest BCUT2D eigenvalue weighted by atomic mass is 9.74. The van der Waals surface area contributed by atoms with E-state index in [1.165, 1.54) is 51.4 Å². The number of ketones is 1. The molecule has 3 heteroatoms. The van der Waals surface area contributed by atoms with E-state index >= 15 is 0 Å². The minimum atomic E-state index is 0.270. The van der Waals surface area contributed by atoms with E-state index in [-0.39, 0.29) is 5.78 Å². The molecule has 4 fully saturated rings. The summed E-state index contributed by atoms with van der Waals surface area (Å²) < 4.78 is 11.2. The second-order valence-corrected chi connectivity index (χ2v) is 12.9. The highest BCUT2D eigenvalue weighted by Gasteiger charge is 2.58. The Kier molecular flexibility index (Phi) is 5.75. The normalized spacial score (nSPS) is 33.4. The van der Waals surface area contributed by atoms with Crippen LogP contribution in [-0.2, 0) is 17.6 Å². The fraction of sp³-hybridized carbons (Fsp3) is 0.559. The Morgan fingerprint density at radius 2 is 1.95 bits per heavy atom. The minimum absolute atomic E-state index is 0.270. The summed E-state index contributed by atoms with van der Waals surface area (Å²) in [6.45, 7) is 3.28. The summed E-state index contributed by atoms with van der Waals surface area (Å²) >= 11 is 0.